The molecule has 4 nitrogen and oxygen atoms in total. The highest BCUT2D eigenvalue weighted by molar-refractivity contribution is 5.41. The summed E-state index contributed by atoms with van der Waals surface area (Å²) in [5, 5.41) is 9.46. The van der Waals surface area contributed by atoms with Crippen molar-refractivity contribution in [2.24, 2.45) is 11.7 Å². The van der Waals surface area contributed by atoms with Crippen LogP contribution in [0.15, 0.2) is 18.2 Å². The summed E-state index contributed by atoms with van der Waals surface area (Å²) in [4.78, 5) is 0. The lowest BCUT2D eigenvalue weighted by molar-refractivity contribution is 0.182. The predicted octanol–water partition coefficient (Wildman–Crippen LogP) is 4.32. The summed E-state index contributed by atoms with van der Waals surface area (Å²) in [6, 6.07) is 6.00. The quantitative estimate of drug-likeness (QED) is 0.588. The first-order chi connectivity index (χ1) is 11.8. The third-order valence-corrected chi connectivity index (χ3v) is 4.90. The third kappa shape index (κ3) is 7.66. The first-order valence-corrected chi connectivity index (χ1v) is 9.57. The first kappa shape index (κ1) is 21.8. The van der Waals surface area contributed by atoms with Crippen molar-refractivity contribution in [1.82, 2.24) is 0 Å². The van der Waals surface area contributed by atoms with Gasteiger partial charge in [0.1, 0.15) is 11.5 Å². The van der Waals surface area contributed by atoms with Crippen LogP contribution in [0, 0.1) is 5.92 Å². The number of methoxy groups -OCH3 is 1. The minimum absolute atomic E-state index is 0.000895. The second-order valence-electron chi connectivity index (χ2n) is 7.60. The molecule has 0 bridgehead atoms. The number of aliphatic hydroxyl groups excluding tert-OH is 1. The summed E-state index contributed by atoms with van der Waals surface area (Å²) in [7, 11) is 1.68. The highest BCUT2D eigenvalue weighted by Crippen LogP contribution is 2.28. The van der Waals surface area contributed by atoms with Crippen molar-refractivity contribution < 1.29 is 14.6 Å². The Bertz CT molecular complexity index is 498. The Morgan fingerprint density at radius 1 is 1.20 bits per heavy atom. The van der Waals surface area contributed by atoms with Gasteiger partial charge in [-0.1, -0.05) is 33.3 Å². The lowest BCUT2D eigenvalue weighted by Gasteiger charge is -2.26. The van der Waals surface area contributed by atoms with E-state index in [1.54, 1.807) is 7.11 Å². The molecule has 1 unspecified atom stereocenters. The zero-order valence-corrected chi connectivity index (χ0v) is 16.7. The summed E-state index contributed by atoms with van der Waals surface area (Å²) in [6.45, 7) is 8.62. The van der Waals surface area contributed by atoms with Gasteiger partial charge in [0, 0.05) is 11.6 Å². The molecule has 0 amide bonds. The van der Waals surface area contributed by atoms with Crippen molar-refractivity contribution in [2.45, 2.75) is 77.9 Å². The SMILES string of the molecule is CCC(N)(CO)CCc1ccc(O[C@@H](C)CCCC(C)C)cc1OC. The monoisotopic (exact) mass is 351 g/mol. The van der Waals surface area contributed by atoms with Gasteiger partial charge in [-0.05, 0) is 56.6 Å². The second kappa shape index (κ2) is 10.7. The maximum absolute atomic E-state index is 9.46. The van der Waals surface area contributed by atoms with E-state index in [4.69, 9.17) is 15.2 Å². The molecule has 0 aliphatic rings. The van der Waals surface area contributed by atoms with Gasteiger partial charge >= 0.3 is 0 Å². The van der Waals surface area contributed by atoms with Crippen LogP contribution in [-0.2, 0) is 6.42 Å². The number of aliphatic hydroxyl groups is 1. The average Bonchev–Trinajstić information content (AvgIpc) is 2.59. The summed E-state index contributed by atoms with van der Waals surface area (Å²) < 4.78 is 11.6. The van der Waals surface area contributed by atoms with Crippen molar-refractivity contribution in [3.8, 4) is 11.5 Å². The molecule has 1 aromatic rings. The molecular weight excluding hydrogens is 314 g/mol. The molecule has 0 radical (unpaired) electrons. The van der Waals surface area contributed by atoms with Gasteiger partial charge in [-0.25, -0.2) is 0 Å². The average molecular weight is 352 g/mol. The van der Waals surface area contributed by atoms with Gasteiger partial charge in [-0.2, -0.15) is 0 Å². The molecule has 0 fully saturated rings. The number of ether oxygens (including phenoxy) is 2. The van der Waals surface area contributed by atoms with E-state index < -0.39 is 5.54 Å². The van der Waals surface area contributed by atoms with Crippen molar-refractivity contribution in [3.63, 3.8) is 0 Å². The lowest BCUT2D eigenvalue weighted by atomic mass is 9.90. The maximum Gasteiger partial charge on any atom is 0.125 e. The van der Waals surface area contributed by atoms with Gasteiger partial charge in [0.2, 0.25) is 0 Å². The Labute approximate surface area is 153 Å². The van der Waals surface area contributed by atoms with Crippen LogP contribution in [0.1, 0.15) is 65.4 Å². The summed E-state index contributed by atoms with van der Waals surface area (Å²) in [6.07, 6.45) is 5.93. The van der Waals surface area contributed by atoms with Gasteiger partial charge in [-0.3, -0.25) is 0 Å². The Balaban J connectivity index is 2.65. The van der Waals surface area contributed by atoms with Crippen LogP contribution in [0.25, 0.3) is 0 Å². The number of rotatable bonds is 12. The van der Waals surface area contributed by atoms with E-state index in [2.05, 4.69) is 20.8 Å². The molecule has 0 saturated heterocycles. The molecule has 1 aromatic carbocycles. The summed E-state index contributed by atoms with van der Waals surface area (Å²) >= 11 is 0. The van der Waals surface area contributed by atoms with Crippen LogP contribution in [-0.4, -0.2) is 30.5 Å². The molecular formula is C21H37NO3. The molecule has 2 atom stereocenters. The number of aryl methyl sites for hydroxylation is 1. The number of hydrogen-bond donors (Lipinski definition) is 2. The Hall–Kier alpha value is -1.26. The van der Waals surface area contributed by atoms with Crippen LogP contribution in [0.5, 0.6) is 11.5 Å². The highest BCUT2D eigenvalue weighted by Gasteiger charge is 2.22. The van der Waals surface area contributed by atoms with Crippen LogP contribution in [0.3, 0.4) is 0 Å². The Morgan fingerprint density at radius 2 is 1.92 bits per heavy atom. The molecule has 0 spiro atoms. The van der Waals surface area contributed by atoms with Gasteiger partial charge in [0.05, 0.1) is 19.8 Å². The second-order valence-corrected chi connectivity index (χ2v) is 7.60. The van der Waals surface area contributed by atoms with Crippen molar-refractivity contribution in [1.29, 1.82) is 0 Å². The van der Waals surface area contributed by atoms with Gasteiger partial charge in [0.15, 0.2) is 0 Å². The van der Waals surface area contributed by atoms with E-state index in [9.17, 15) is 5.11 Å². The minimum atomic E-state index is -0.523. The molecule has 1 rings (SSSR count). The molecule has 0 heterocycles. The van der Waals surface area contributed by atoms with E-state index in [1.165, 1.54) is 12.8 Å². The molecule has 3 N–H and O–H groups in total. The normalized spacial score (nSPS) is 15.0. The molecule has 0 saturated carbocycles. The fourth-order valence-corrected chi connectivity index (χ4v) is 2.86. The smallest absolute Gasteiger partial charge is 0.125 e. The van der Waals surface area contributed by atoms with Crippen LogP contribution in [0.2, 0.25) is 0 Å². The molecule has 0 aliphatic heterocycles. The summed E-state index contributed by atoms with van der Waals surface area (Å²) in [5.41, 5.74) is 6.76. The molecule has 4 heteroatoms. The Kier molecular flexibility index (Phi) is 9.30. The third-order valence-electron chi connectivity index (χ3n) is 4.90. The number of hydrogen-bond acceptors (Lipinski definition) is 4. The topological polar surface area (TPSA) is 64.7 Å². The fourth-order valence-electron chi connectivity index (χ4n) is 2.86. The molecule has 144 valence electrons. The van der Waals surface area contributed by atoms with E-state index in [0.29, 0.717) is 0 Å². The first-order valence-electron chi connectivity index (χ1n) is 9.57. The van der Waals surface area contributed by atoms with E-state index in [0.717, 1.165) is 48.7 Å². The van der Waals surface area contributed by atoms with Crippen molar-refractivity contribution in [3.05, 3.63) is 23.8 Å². The largest absolute Gasteiger partial charge is 0.496 e. The van der Waals surface area contributed by atoms with Crippen LogP contribution < -0.4 is 15.2 Å². The standard InChI is InChI=1S/C21H37NO3/c1-6-21(22,15-23)13-12-18-10-11-19(14-20(18)24-5)25-17(4)9-7-8-16(2)3/h10-11,14,16-17,23H,6-9,12-13,15,22H2,1-5H3/t17-,21?/m0/s1. The molecule has 25 heavy (non-hydrogen) atoms. The number of benzene rings is 1. The van der Waals surface area contributed by atoms with Crippen molar-refractivity contribution in [2.75, 3.05) is 13.7 Å². The minimum Gasteiger partial charge on any atom is -0.496 e. The zero-order chi connectivity index (χ0) is 18.9. The van der Waals surface area contributed by atoms with E-state index in [-0.39, 0.29) is 12.7 Å². The highest BCUT2D eigenvalue weighted by atomic mass is 16.5. The van der Waals surface area contributed by atoms with Gasteiger partial charge in [-0.15, -0.1) is 0 Å². The van der Waals surface area contributed by atoms with Gasteiger partial charge in [0.25, 0.3) is 0 Å². The summed E-state index contributed by atoms with van der Waals surface area (Å²) in [5.74, 6) is 2.40. The van der Waals surface area contributed by atoms with Gasteiger partial charge < -0.3 is 20.3 Å². The Morgan fingerprint density at radius 3 is 2.48 bits per heavy atom. The lowest BCUT2D eigenvalue weighted by Crippen LogP contribution is -2.43. The predicted molar refractivity (Wildman–Crippen MR) is 104 cm³/mol. The molecule has 0 aromatic heterocycles. The fraction of sp³-hybridized carbons (Fsp3) is 0.714. The number of nitrogens with two attached hydrogens (primary N) is 1. The zero-order valence-electron chi connectivity index (χ0n) is 16.7. The van der Waals surface area contributed by atoms with E-state index in [1.807, 2.05) is 25.1 Å². The van der Waals surface area contributed by atoms with Crippen molar-refractivity contribution >= 4 is 0 Å². The van der Waals surface area contributed by atoms with Crippen LogP contribution >= 0.6 is 0 Å². The maximum atomic E-state index is 9.46. The molecule has 0 aliphatic carbocycles. The van der Waals surface area contributed by atoms with E-state index >= 15 is 0 Å². The van der Waals surface area contributed by atoms with Crippen LogP contribution in [0.4, 0.5) is 0 Å².